The van der Waals surface area contributed by atoms with E-state index in [9.17, 15) is 30.7 Å². The number of hydrogen-bond donors (Lipinski definition) is 0. The number of ether oxygens (including phenoxy) is 2. The minimum atomic E-state index is -4.78. The van der Waals surface area contributed by atoms with Crippen molar-refractivity contribution in [2.24, 2.45) is 0 Å². The third-order valence-corrected chi connectivity index (χ3v) is 4.25. The van der Waals surface area contributed by atoms with Gasteiger partial charge >= 0.3 is 6.18 Å². The minimum Gasteiger partial charge on any atom is -0.489 e. The molecule has 0 aliphatic rings. The van der Waals surface area contributed by atoms with E-state index in [0.717, 1.165) is 30.3 Å². The molecule has 164 valence electrons. The Kier molecular flexibility index (Phi) is 6.42. The van der Waals surface area contributed by atoms with E-state index in [1.807, 2.05) is 0 Å². The maximum atomic E-state index is 14.5. The molecule has 0 N–H and O–H groups in total. The molecule has 31 heavy (non-hydrogen) atoms. The smallest absolute Gasteiger partial charge is 0.422 e. The van der Waals surface area contributed by atoms with Gasteiger partial charge in [0.25, 0.3) is 0 Å². The molecule has 0 aliphatic carbocycles. The topological polar surface area (TPSA) is 18.5 Å². The second-order valence-electron chi connectivity index (χ2n) is 6.48. The van der Waals surface area contributed by atoms with Gasteiger partial charge in [0, 0.05) is 17.5 Å². The van der Waals surface area contributed by atoms with Crippen molar-refractivity contribution in [3.63, 3.8) is 0 Å². The summed E-state index contributed by atoms with van der Waals surface area (Å²) in [5.74, 6) is -5.86. The molecule has 3 aromatic rings. The lowest BCUT2D eigenvalue weighted by Crippen LogP contribution is -2.20. The molecule has 3 aromatic carbocycles. The average molecular weight is 444 g/mol. The lowest BCUT2D eigenvalue weighted by molar-refractivity contribution is -0.154. The van der Waals surface area contributed by atoms with Gasteiger partial charge < -0.3 is 9.47 Å². The molecule has 9 heteroatoms. The maximum Gasteiger partial charge on any atom is 0.422 e. The third kappa shape index (κ3) is 5.10. The predicted octanol–water partition coefficient (Wildman–Crippen LogP) is 6.96. The Morgan fingerprint density at radius 3 is 2.16 bits per heavy atom. The zero-order chi connectivity index (χ0) is 22.8. The summed E-state index contributed by atoms with van der Waals surface area (Å²) in [5.41, 5.74) is -0.469. The van der Waals surface area contributed by atoms with E-state index < -0.39 is 47.4 Å². The molecule has 0 fully saturated rings. The van der Waals surface area contributed by atoms with E-state index in [4.69, 9.17) is 4.74 Å². The Morgan fingerprint density at radius 2 is 1.55 bits per heavy atom. The molecule has 0 amide bonds. The van der Waals surface area contributed by atoms with Crippen LogP contribution in [0.4, 0.5) is 30.7 Å². The van der Waals surface area contributed by atoms with Crippen LogP contribution in [0.25, 0.3) is 21.9 Å². The summed E-state index contributed by atoms with van der Waals surface area (Å²) >= 11 is 0. The number of rotatable bonds is 6. The van der Waals surface area contributed by atoms with Gasteiger partial charge in [0.1, 0.15) is 24.0 Å². The van der Waals surface area contributed by atoms with Crippen molar-refractivity contribution in [2.75, 3.05) is 13.2 Å². The van der Waals surface area contributed by atoms with Crippen molar-refractivity contribution >= 4 is 10.8 Å². The van der Waals surface area contributed by atoms with Crippen LogP contribution in [0, 0.1) is 23.3 Å². The second-order valence-corrected chi connectivity index (χ2v) is 6.48. The van der Waals surface area contributed by atoms with Crippen LogP contribution in [0.2, 0.25) is 0 Å². The normalized spacial score (nSPS) is 12.0. The van der Waals surface area contributed by atoms with E-state index >= 15 is 0 Å². The van der Waals surface area contributed by atoms with Gasteiger partial charge in [-0.1, -0.05) is 24.3 Å². The Hall–Kier alpha value is -3.23. The highest BCUT2D eigenvalue weighted by atomic mass is 19.4. The molecule has 0 heterocycles. The first-order valence-corrected chi connectivity index (χ1v) is 8.95. The van der Waals surface area contributed by atoms with E-state index in [-0.39, 0.29) is 28.7 Å². The Labute approximate surface area is 172 Å². The van der Waals surface area contributed by atoms with Crippen LogP contribution < -0.4 is 9.47 Å². The van der Waals surface area contributed by atoms with Crippen LogP contribution in [0.5, 0.6) is 11.5 Å². The summed E-state index contributed by atoms with van der Waals surface area (Å²) in [5, 5.41) is -0.381. The van der Waals surface area contributed by atoms with Crippen LogP contribution >= 0.6 is 0 Å². The van der Waals surface area contributed by atoms with Crippen molar-refractivity contribution in [1.29, 1.82) is 0 Å². The Morgan fingerprint density at radius 1 is 0.871 bits per heavy atom. The largest absolute Gasteiger partial charge is 0.489 e. The van der Waals surface area contributed by atoms with E-state index in [1.54, 1.807) is 19.1 Å². The van der Waals surface area contributed by atoms with Gasteiger partial charge in [0.15, 0.2) is 24.0 Å². The standard InChI is InChI=1S/C22H15F7O2/c1-2-3-6-30-14-9-16(23)19(17(24)10-14)12-4-5-15-13(7-12)8-18(25)21(20(15)26)31-11-22(27,28)29/h2-5,7-10H,6,11H2,1H3. The van der Waals surface area contributed by atoms with Gasteiger partial charge in [0.2, 0.25) is 0 Å². The van der Waals surface area contributed by atoms with Crippen molar-refractivity contribution in [1.82, 2.24) is 0 Å². The number of fused-ring (bicyclic) bond motifs is 1. The molecular weight excluding hydrogens is 429 g/mol. The number of hydrogen-bond acceptors (Lipinski definition) is 2. The molecule has 2 nitrogen and oxygen atoms in total. The molecule has 0 saturated heterocycles. The molecule has 0 spiro atoms. The second kappa shape index (κ2) is 8.87. The predicted molar refractivity (Wildman–Crippen MR) is 101 cm³/mol. The lowest BCUT2D eigenvalue weighted by Gasteiger charge is -2.13. The van der Waals surface area contributed by atoms with Crippen molar-refractivity contribution in [3.05, 3.63) is 71.8 Å². The maximum absolute atomic E-state index is 14.5. The van der Waals surface area contributed by atoms with Crippen LogP contribution in [0.3, 0.4) is 0 Å². The number of benzene rings is 3. The van der Waals surface area contributed by atoms with Crippen LogP contribution in [-0.2, 0) is 0 Å². The Balaban J connectivity index is 2.00. The zero-order valence-electron chi connectivity index (χ0n) is 16.0. The molecule has 0 atom stereocenters. The number of alkyl halides is 3. The highest BCUT2D eigenvalue weighted by Gasteiger charge is 2.30. The SMILES string of the molecule is CC=CCOc1cc(F)c(-c2ccc3c(F)c(OCC(F)(F)F)c(F)cc3c2)c(F)c1. The first-order chi connectivity index (χ1) is 14.6. The first kappa shape index (κ1) is 22.5. The summed E-state index contributed by atoms with van der Waals surface area (Å²) in [6.07, 6.45) is -1.44. The molecule has 0 aromatic heterocycles. The van der Waals surface area contributed by atoms with Crippen molar-refractivity contribution < 1.29 is 40.2 Å². The van der Waals surface area contributed by atoms with Gasteiger partial charge in [-0.2, -0.15) is 13.2 Å². The van der Waals surface area contributed by atoms with Crippen LogP contribution in [-0.4, -0.2) is 19.4 Å². The van der Waals surface area contributed by atoms with Gasteiger partial charge in [-0.3, -0.25) is 0 Å². The molecule has 0 bridgehead atoms. The Bertz CT molecular complexity index is 1110. The lowest BCUT2D eigenvalue weighted by atomic mass is 9.99. The summed E-state index contributed by atoms with van der Waals surface area (Å²) in [7, 11) is 0. The minimum absolute atomic E-state index is 0.0229. The van der Waals surface area contributed by atoms with E-state index in [0.29, 0.717) is 0 Å². The fourth-order valence-electron chi connectivity index (χ4n) is 2.90. The monoisotopic (exact) mass is 444 g/mol. The summed E-state index contributed by atoms with van der Waals surface area (Å²) < 4.78 is 104. The van der Waals surface area contributed by atoms with Crippen LogP contribution in [0.1, 0.15) is 6.92 Å². The molecule has 0 aliphatic heterocycles. The molecule has 3 rings (SSSR count). The van der Waals surface area contributed by atoms with Gasteiger partial charge in [0.05, 0.1) is 5.56 Å². The molecular formula is C22H15F7O2. The van der Waals surface area contributed by atoms with Crippen molar-refractivity contribution in [2.45, 2.75) is 13.1 Å². The fourth-order valence-corrected chi connectivity index (χ4v) is 2.90. The third-order valence-electron chi connectivity index (χ3n) is 4.25. The van der Waals surface area contributed by atoms with Crippen molar-refractivity contribution in [3.8, 4) is 22.6 Å². The summed E-state index contributed by atoms with van der Waals surface area (Å²) in [6, 6.07) is 6.05. The highest BCUT2D eigenvalue weighted by molar-refractivity contribution is 5.89. The molecule has 0 saturated carbocycles. The first-order valence-electron chi connectivity index (χ1n) is 8.95. The fraction of sp³-hybridized carbons (Fsp3) is 0.182. The number of halogens is 7. The number of allylic oxidation sites excluding steroid dienone is 1. The zero-order valence-corrected chi connectivity index (χ0v) is 16.0. The van der Waals surface area contributed by atoms with Crippen LogP contribution in [0.15, 0.2) is 48.6 Å². The average Bonchev–Trinajstić information content (AvgIpc) is 2.66. The van der Waals surface area contributed by atoms with E-state index in [2.05, 4.69) is 4.74 Å². The van der Waals surface area contributed by atoms with Gasteiger partial charge in [-0.25, -0.2) is 17.6 Å². The highest BCUT2D eigenvalue weighted by Crippen LogP contribution is 2.36. The summed E-state index contributed by atoms with van der Waals surface area (Å²) in [4.78, 5) is 0. The summed E-state index contributed by atoms with van der Waals surface area (Å²) in [6.45, 7) is -0.00423. The molecule has 0 radical (unpaired) electrons. The van der Waals surface area contributed by atoms with Gasteiger partial charge in [-0.15, -0.1) is 0 Å². The van der Waals surface area contributed by atoms with E-state index in [1.165, 1.54) is 6.07 Å². The molecule has 0 unspecified atom stereocenters. The van der Waals surface area contributed by atoms with Gasteiger partial charge in [-0.05, 0) is 30.0 Å². The quantitative estimate of drug-likeness (QED) is 0.302.